The van der Waals surface area contributed by atoms with Crippen LogP contribution < -0.4 is 10.1 Å². The highest BCUT2D eigenvalue weighted by atomic mass is 16.5. The van der Waals surface area contributed by atoms with Crippen LogP contribution in [0.25, 0.3) is 0 Å². The summed E-state index contributed by atoms with van der Waals surface area (Å²) in [5.74, 6) is 1.04. The molecule has 20 heavy (non-hydrogen) atoms. The van der Waals surface area contributed by atoms with Crippen molar-refractivity contribution in [1.29, 1.82) is 0 Å². The number of hydrogen-bond acceptors (Lipinski definition) is 3. The standard InChI is InChI=1S/C16H24N2O2/c1-17-14-8-4-7-13-12(14)6-5-9-15(13)20-11-10-16(19)18(2)3/h5-6,9,14,17H,4,7-8,10-11H2,1-3H3. The molecule has 1 aromatic carbocycles. The smallest absolute Gasteiger partial charge is 0.225 e. The highest BCUT2D eigenvalue weighted by molar-refractivity contribution is 5.75. The van der Waals surface area contributed by atoms with Gasteiger partial charge < -0.3 is 15.0 Å². The van der Waals surface area contributed by atoms with Crippen LogP contribution in [0, 0.1) is 0 Å². The van der Waals surface area contributed by atoms with Gasteiger partial charge in [-0.2, -0.15) is 0 Å². The Bertz CT molecular complexity index is 472. The Hall–Kier alpha value is -1.55. The van der Waals surface area contributed by atoms with E-state index in [1.165, 1.54) is 24.0 Å². The Kier molecular flexibility index (Phi) is 5.01. The van der Waals surface area contributed by atoms with Crippen molar-refractivity contribution in [2.24, 2.45) is 0 Å². The number of carbonyl (C=O) groups excluding carboxylic acids is 1. The molecule has 4 heteroatoms. The molecule has 1 aliphatic carbocycles. The maximum absolute atomic E-state index is 11.6. The molecule has 1 aromatic rings. The SMILES string of the molecule is CNC1CCCc2c(OCCC(=O)N(C)C)cccc21. The Morgan fingerprint density at radius 2 is 2.25 bits per heavy atom. The van der Waals surface area contributed by atoms with Crippen molar-refractivity contribution in [2.75, 3.05) is 27.7 Å². The molecule has 110 valence electrons. The molecule has 0 heterocycles. The minimum absolute atomic E-state index is 0.0999. The third-order valence-electron chi connectivity index (χ3n) is 3.89. The molecular formula is C16H24N2O2. The van der Waals surface area contributed by atoms with Crippen LogP contribution in [0.15, 0.2) is 18.2 Å². The van der Waals surface area contributed by atoms with Gasteiger partial charge in [0.2, 0.25) is 5.91 Å². The van der Waals surface area contributed by atoms with E-state index in [0.717, 1.165) is 12.2 Å². The summed E-state index contributed by atoms with van der Waals surface area (Å²) < 4.78 is 5.84. The van der Waals surface area contributed by atoms with E-state index in [1.54, 1.807) is 19.0 Å². The van der Waals surface area contributed by atoms with Crippen LogP contribution in [-0.4, -0.2) is 38.6 Å². The van der Waals surface area contributed by atoms with Gasteiger partial charge in [0.25, 0.3) is 0 Å². The molecule has 1 unspecified atom stereocenters. The molecule has 1 N–H and O–H groups in total. The van der Waals surface area contributed by atoms with E-state index in [2.05, 4.69) is 11.4 Å². The summed E-state index contributed by atoms with van der Waals surface area (Å²) in [6.07, 6.45) is 3.83. The van der Waals surface area contributed by atoms with Gasteiger partial charge in [0.1, 0.15) is 5.75 Å². The number of nitrogens with one attached hydrogen (secondary N) is 1. The second-order valence-electron chi connectivity index (χ2n) is 5.44. The van der Waals surface area contributed by atoms with Crippen LogP contribution in [0.2, 0.25) is 0 Å². The average molecular weight is 276 g/mol. The summed E-state index contributed by atoms with van der Waals surface area (Å²) in [7, 11) is 5.54. The number of ether oxygens (including phenoxy) is 1. The molecule has 1 amide bonds. The first-order valence-corrected chi connectivity index (χ1v) is 7.25. The van der Waals surface area contributed by atoms with E-state index in [1.807, 2.05) is 19.2 Å². The van der Waals surface area contributed by atoms with Gasteiger partial charge >= 0.3 is 0 Å². The predicted molar refractivity (Wildman–Crippen MR) is 80.0 cm³/mol. The molecule has 0 spiro atoms. The largest absolute Gasteiger partial charge is 0.493 e. The molecule has 0 aliphatic heterocycles. The summed E-state index contributed by atoms with van der Waals surface area (Å²) >= 11 is 0. The maximum Gasteiger partial charge on any atom is 0.225 e. The molecule has 0 bridgehead atoms. The number of fused-ring (bicyclic) bond motifs is 1. The van der Waals surface area contributed by atoms with E-state index in [9.17, 15) is 4.79 Å². The topological polar surface area (TPSA) is 41.6 Å². The van der Waals surface area contributed by atoms with Crippen LogP contribution in [0.4, 0.5) is 0 Å². The molecular weight excluding hydrogens is 252 g/mol. The monoisotopic (exact) mass is 276 g/mol. The van der Waals surface area contributed by atoms with Crippen molar-refractivity contribution in [1.82, 2.24) is 10.2 Å². The van der Waals surface area contributed by atoms with E-state index < -0.39 is 0 Å². The minimum atomic E-state index is 0.0999. The Balaban J connectivity index is 2.04. The second kappa shape index (κ2) is 6.75. The fourth-order valence-corrected chi connectivity index (χ4v) is 2.72. The van der Waals surface area contributed by atoms with Crippen molar-refractivity contribution in [3.63, 3.8) is 0 Å². The van der Waals surface area contributed by atoms with Gasteiger partial charge in [-0.15, -0.1) is 0 Å². The number of amides is 1. The van der Waals surface area contributed by atoms with E-state index in [4.69, 9.17) is 4.74 Å². The van der Waals surface area contributed by atoms with Crippen LogP contribution in [0.5, 0.6) is 5.75 Å². The van der Waals surface area contributed by atoms with Gasteiger partial charge in [-0.3, -0.25) is 4.79 Å². The molecule has 4 nitrogen and oxygen atoms in total. The van der Waals surface area contributed by atoms with Crippen molar-refractivity contribution in [3.8, 4) is 5.75 Å². The molecule has 1 atom stereocenters. The Labute approximate surface area is 121 Å². The van der Waals surface area contributed by atoms with Gasteiger partial charge in [-0.1, -0.05) is 12.1 Å². The normalized spacial score (nSPS) is 17.4. The van der Waals surface area contributed by atoms with Gasteiger partial charge in [0, 0.05) is 20.1 Å². The maximum atomic E-state index is 11.6. The van der Waals surface area contributed by atoms with Crippen molar-refractivity contribution in [3.05, 3.63) is 29.3 Å². The number of carbonyl (C=O) groups is 1. The summed E-state index contributed by atoms with van der Waals surface area (Å²) in [5, 5.41) is 3.36. The van der Waals surface area contributed by atoms with Crippen LogP contribution in [0.3, 0.4) is 0 Å². The molecule has 0 saturated heterocycles. The highest BCUT2D eigenvalue weighted by Crippen LogP contribution is 2.35. The molecule has 0 aromatic heterocycles. The number of nitrogens with zero attached hydrogens (tertiary/aromatic N) is 1. The average Bonchev–Trinajstić information content (AvgIpc) is 2.46. The van der Waals surface area contributed by atoms with Crippen LogP contribution >= 0.6 is 0 Å². The van der Waals surface area contributed by atoms with E-state index >= 15 is 0 Å². The van der Waals surface area contributed by atoms with E-state index in [-0.39, 0.29) is 5.91 Å². The molecule has 0 radical (unpaired) electrons. The molecule has 0 fully saturated rings. The van der Waals surface area contributed by atoms with E-state index in [0.29, 0.717) is 19.1 Å². The lowest BCUT2D eigenvalue weighted by atomic mass is 9.87. The first-order chi connectivity index (χ1) is 9.63. The van der Waals surface area contributed by atoms with Crippen LogP contribution in [0.1, 0.15) is 36.4 Å². The van der Waals surface area contributed by atoms with Gasteiger partial charge in [-0.05, 0) is 43.5 Å². The van der Waals surface area contributed by atoms with Crippen molar-refractivity contribution < 1.29 is 9.53 Å². The molecule has 2 rings (SSSR count). The number of benzene rings is 1. The quantitative estimate of drug-likeness (QED) is 0.896. The second-order valence-corrected chi connectivity index (χ2v) is 5.44. The third-order valence-corrected chi connectivity index (χ3v) is 3.89. The third kappa shape index (κ3) is 3.31. The zero-order chi connectivity index (χ0) is 14.5. The zero-order valence-electron chi connectivity index (χ0n) is 12.6. The summed E-state index contributed by atoms with van der Waals surface area (Å²) in [5.41, 5.74) is 2.64. The zero-order valence-corrected chi connectivity index (χ0v) is 12.6. The first-order valence-electron chi connectivity index (χ1n) is 7.25. The highest BCUT2D eigenvalue weighted by Gasteiger charge is 2.21. The summed E-state index contributed by atoms with van der Waals surface area (Å²) in [6, 6.07) is 6.65. The number of hydrogen-bond donors (Lipinski definition) is 1. The Morgan fingerprint density at radius 1 is 1.45 bits per heavy atom. The van der Waals surface area contributed by atoms with Gasteiger partial charge in [-0.25, -0.2) is 0 Å². The van der Waals surface area contributed by atoms with Crippen LogP contribution in [-0.2, 0) is 11.2 Å². The molecule has 1 aliphatic rings. The fourth-order valence-electron chi connectivity index (χ4n) is 2.72. The lowest BCUT2D eigenvalue weighted by molar-refractivity contribution is -0.129. The Morgan fingerprint density at radius 3 is 2.95 bits per heavy atom. The number of rotatable bonds is 5. The molecule has 0 saturated carbocycles. The summed E-state index contributed by atoms with van der Waals surface area (Å²) in [4.78, 5) is 13.2. The predicted octanol–water partition coefficient (Wildman–Crippen LogP) is 2.14. The fraction of sp³-hybridized carbons (Fsp3) is 0.562. The lowest BCUT2D eigenvalue weighted by Crippen LogP contribution is -2.24. The minimum Gasteiger partial charge on any atom is -0.493 e. The van der Waals surface area contributed by atoms with Crippen molar-refractivity contribution >= 4 is 5.91 Å². The summed E-state index contributed by atoms with van der Waals surface area (Å²) in [6.45, 7) is 0.442. The lowest BCUT2D eigenvalue weighted by Gasteiger charge is -2.26. The first kappa shape index (κ1) is 14.9. The van der Waals surface area contributed by atoms with Gasteiger partial charge in [0.15, 0.2) is 0 Å². The van der Waals surface area contributed by atoms with Gasteiger partial charge in [0.05, 0.1) is 13.0 Å². The van der Waals surface area contributed by atoms with Crippen molar-refractivity contribution in [2.45, 2.75) is 31.7 Å².